The van der Waals surface area contributed by atoms with Crippen LogP contribution in [0.15, 0.2) is 60.7 Å². The quantitative estimate of drug-likeness (QED) is 0.222. The highest BCUT2D eigenvalue weighted by Crippen LogP contribution is 2.37. The van der Waals surface area contributed by atoms with Crippen molar-refractivity contribution in [2.45, 2.75) is 66.1 Å². The van der Waals surface area contributed by atoms with Crippen LogP contribution < -0.4 is 9.75 Å². The van der Waals surface area contributed by atoms with E-state index >= 15 is 0 Å². The molecular weight excluding hydrogens is 416 g/mol. The van der Waals surface area contributed by atoms with Crippen LogP contribution in [0, 0.1) is 6.92 Å². The van der Waals surface area contributed by atoms with Gasteiger partial charge in [-0.25, -0.2) is 4.57 Å². The molecule has 172 valence electrons. The van der Waals surface area contributed by atoms with Crippen molar-refractivity contribution in [3.8, 4) is 17.1 Å². The van der Waals surface area contributed by atoms with Crippen molar-refractivity contribution in [1.82, 2.24) is 4.57 Å². The third-order valence-corrected chi connectivity index (χ3v) is 8.97. The van der Waals surface area contributed by atoms with Crippen LogP contribution in [0.1, 0.15) is 56.2 Å². The van der Waals surface area contributed by atoms with E-state index in [2.05, 4.69) is 131 Å². The summed E-state index contributed by atoms with van der Waals surface area (Å²) in [4.78, 5) is 0. The van der Waals surface area contributed by atoms with Crippen LogP contribution in [0.3, 0.4) is 0 Å². The molecule has 4 rings (SSSR count). The molecule has 0 bridgehead atoms. The van der Waals surface area contributed by atoms with Crippen LogP contribution in [0.4, 0.5) is 0 Å². The normalized spacial score (nSPS) is 12.3. The second-order valence-electron chi connectivity index (χ2n) is 11.1. The van der Waals surface area contributed by atoms with Crippen LogP contribution in [0.25, 0.3) is 28.1 Å². The van der Waals surface area contributed by atoms with Gasteiger partial charge < -0.3 is 0 Å². The largest absolute Gasteiger partial charge is 0.295 e. The predicted octanol–water partition coefficient (Wildman–Crippen LogP) is 7.22. The zero-order chi connectivity index (χ0) is 24.1. The summed E-state index contributed by atoms with van der Waals surface area (Å²) < 4.78 is 4.95. The van der Waals surface area contributed by atoms with E-state index in [1.807, 2.05) is 0 Å². The minimum absolute atomic E-state index is 0.437. The molecule has 0 spiro atoms. The Morgan fingerprint density at radius 1 is 0.788 bits per heavy atom. The van der Waals surface area contributed by atoms with E-state index in [1.165, 1.54) is 50.0 Å². The number of benzene rings is 3. The lowest BCUT2D eigenvalue weighted by molar-refractivity contribution is -0.633. The van der Waals surface area contributed by atoms with Crippen LogP contribution in [-0.2, 0) is 7.05 Å². The van der Waals surface area contributed by atoms with E-state index in [0.717, 1.165) is 0 Å². The fourth-order valence-electron chi connectivity index (χ4n) is 4.94. The Kier molecular flexibility index (Phi) is 6.13. The number of aryl methyl sites for hydroxylation is 2. The maximum atomic E-state index is 2.55. The standard InChI is InChI=1S/C30H39N2Si/c1-20(2)24-13-12-14-25(21(3)4)29(24)32-28-16-11-10-15-27(28)31(6)30(32)26-19-23(33(7,8)9)18-17-22(26)5/h10-21H,1-9H3/q+1. The highest BCUT2D eigenvalue weighted by molar-refractivity contribution is 6.88. The van der Waals surface area contributed by atoms with E-state index in [1.54, 1.807) is 0 Å². The first kappa shape index (κ1) is 23.5. The average molecular weight is 456 g/mol. The van der Waals surface area contributed by atoms with Gasteiger partial charge in [-0.1, -0.05) is 95.0 Å². The number of rotatable bonds is 5. The zero-order valence-electron chi connectivity index (χ0n) is 21.8. The van der Waals surface area contributed by atoms with Gasteiger partial charge in [-0.3, -0.25) is 0 Å². The monoisotopic (exact) mass is 455 g/mol. The average Bonchev–Trinajstić information content (AvgIpc) is 3.05. The van der Waals surface area contributed by atoms with Crippen molar-refractivity contribution < 1.29 is 4.57 Å². The van der Waals surface area contributed by atoms with Crippen LogP contribution >= 0.6 is 0 Å². The summed E-state index contributed by atoms with van der Waals surface area (Å²) in [5.41, 5.74) is 9.35. The number of hydrogen-bond acceptors (Lipinski definition) is 0. The van der Waals surface area contributed by atoms with Gasteiger partial charge in [0.15, 0.2) is 11.0 Å². The molecule has 3 aromatic carbocycles. The topological polar surface area (TPSA) is 8.81 Å². The Hall–Kier alpha value is -2.65. The first-order valence-electron chi connectivity index (χ1n) is 12.3. The van der Waals surface area contributed by atoms with Crippen molar-refractivity contribution in [2.24, 2.45) is 7.05 Å². The molecule has 0 aliphatic heterocycles. The predicted molar refractivity (Wildman–Crippen MR) is 146 cm³/mol. The molecule has 0 aliphatic carbocycles. The molecule has 0 amide bonds. The zero-order valence-corrected chi connectivity index (χ0v) is 22.8. The Morgan fingerprint density at radius 2 is 1.39 bits per heavy atom. The van der Waals surface area contributed by atoms with E-state index < -0.39 is 8.07 Å². The SMILES string of the molecule is Cc1ccc([Si](C)(C)C)cc1-c1n(-c2c(C(C)C)cccc2C(C)C)c2ccccc2[n+]1C. The molecule has 0 saturated heterocycles. The fourth-order valence-corrected chi connectivity index (χ4v) is 6.10. The number of imidazole rings is 1. The lowest BCUT2D eigenvalue weighted by Crippen LogP contribution is -2.38. The molecule has 33 heavy (non-hydrogen) atoms. The Bertz CT molecular complexity index is 1290. The Balaban J connectivity index is 2.20. The first-order valence-corrected chi connectivity index (χ1v) is 15.8. The Labute approximate surface area is 200 Å². The molecule has 0 aliphatic rings. The lowest BCUT2D eigenvalue weighted by atomic mass is 9.92. The van der Waals surface area contributed by atoms with Crippen molar-refractivity contribution in [1.29, 1.82) is 0 Å². The minimum Gasteiger partial charge on any atom is -0.225 e. The van der Waals surface area contributed by atoms with E-state index in [4.69, 9.17) is 0 Å². The molecular formula is C30H39N2Si+. The second-order valence-corrected chi connectivity index (χ2v) is 16.2. The molecule has 1 heterocycles. The molecule has 3 heteroatoms. The van der Waals surface area contributed by atoms with Gasteiger partial charge in [0.05, 0.1) is 20.7 Å². The summed E-state index contributed by atoms with van der Waals surface area (Å²) >= 11 is 0. The van der Waals surface area contributed by atoms with Gasteiger partial charge in [0.25, 0.3) is 5.82 Å². The van der Waals surface area contributed by atoms with Gasteiger partial charge in [0, 0.05) is 11.1 Å². The molecule has 4 aromatic rings. The second kappa shape index (κ2) is 8.61. The molecule has 1 aromatic heterocycles. The van der Waals surface area contributed by atoms with E-state index in [0.29, 0.717) is 11.8 Å². The molecule has 0 saturated carbocycles. The van der Waals surface area contributed by atoms with Gasteiger partial charge in [-0.15, -0.1) is 0 Å². The van der Waals surface area contributed by atoms with Crippen LogP contribution in [-0.4, -0.2) is 12.6 Å². The lowest BCUT2D eigenvalue weighted by Gasteiger charge is -2.20. The van der Waals surface area contributed by atoms with Crippen LogP contribution in [0.2, 0.25) is 19.6 Å². The molecule has 0 unspecified atom stereocenters. The number of aromatic nitrogens is 2. The highest BCUT2D eigenvalue weighted by atomic mass is 28.3. The minimum atomic E-state index is -1.45. The smallest absolute Gasteiger partial charge is 0.225 e. The van der Waals surface area contributed by atoms with Gasteiger partial charge in [0.1, 0.15) is 5.69 Å². The third kappa shape index (κ3) is 4.08. The molecule has 0 atom stereocenters. The van der Waals surface area contributed by atoms with Crippen molar-refractivity contribution >= 4 is 24.3 Å². The summed E-state index contributed by atoms with van der Waals surface area (Å²) in [7, 11) is 0.774. The number of nitrogens with zero attached hydrogens (tertiary/aromatic N) is 2. The number of fused-ring (bicyclic) bond motifs is 1. The summed E-state index contributed by atoms with van der Waals surface area (Å²) in [5.74, 6) is 2.14. The molecule has 2 nitrogen and oxygen atoms in total. The van der Waals surface area contributed by atoms with Crippen molar-refractivity contribution in [2.75, 3.05) is 0 Å². The molecule has 0 radical (unpaired) electrons. The summed E-state index contributed by atoms with van der Waals surface area (Å²) in [6.07, 6.45) is 0. The maximum absolute atomic E-state index is 2.55. The summed E-state index contributed by atoms with van der Waals surface area (Å²) in [6.45, 7) is 18.8. The number of para-hydroxylation sites is 3. The highest BCUT2D eigenvalue weighted by Gasteiger charge is 2.31. The van der Waals surface area contributed by atoms with Gasteiger partial charge in [-0.2, -0.15) is 4.57 Å². The van der Waals surface area contributed by atoms with Crippen LogP contribution in [0.5, 0.6) is 0 Å². The van der Waals surface area contributed by atoms with E-state index in [9.17, 15) is 0 Å². The first-order chi connectivity index (χ1) is 15.5. The van der Waals surface area contributed by atoms with Gasteiger partial charge in [-0.05, 0) is 42.5 Å². The van der Waals surface area contributed by atoms with E-state index in [-0.39, 0.29) is 0 Å². The fraction of sp³-hybridized carbons (Fsp3) is 0.367. The maximum Gasteiger partial charge on any atom is 0.295 e. The number of hydrogen-bond donors (Lipinski definition) is 0. The Morgan fingerprint density at radius 3 is 1.97 bits per heavy atom. The summed E-state index contributed by atoms with van der Waals surface area (Å²) in [6, 6.07) is 22.8. The van der Waals surface area contributed by atoms with Gasteiger partial charge >= 0.3 is 0 Å². The summed E-state index contributed by atoms with van der Waals surface area (Å²) in [5, 5.41) is 1.50. The molecule has 0 N–H and O–H groups in total. The van der Waals surface area contributed by atoms with Crippen molar-refractivity contribution in [3.05, 3.63) is 77.4 Å². The third-order valence-electron chi connectivity index (χ3n) is 6.92. The molecule has 0 fully saturated rings. The van der Waals surface area contributed by atoms with Gasteiger partial charge in [0.2, 0.25) is 0 Å². The van der Waals surface area contributed by atoms with Crippen molar-refractivity contribution in [3.63, 3.8) is 0 Å².